The number of carboxylic acid groups (broad SMARTS) is 1. The molecule has 1 aromatic heterocycles. The molecular formula is C12H19NO5S. The van der Waals surface area contributed by atoms with Gasteiger partial charge >= 0.3 is 5.97 Å². The fourth-order valence-corrected chi connectivity index (χ4v) is 2.88. The smallest absolute Gasteiger partial charge is 0.371 e. The van der Waals surface area contributed by atoms with Crippen LogP contribution in [-0.4, -0.2) is 26.0 Å². The number of nitrogens with one attached hydrogen (secondary N) is 1. The average Bonchev–Trinajstić information content (AvgIpc) is 2.67. The highest BCUT2D eigenvalue weighted by Gasteiger charge is 2.23. The minimum absolute atomic E-state index is 0.0776. The number of carboxylic acids is 1. The minimum atomic E-state index is -3.71. The van der Waals surface area contributed by atoms with E-state index < -0.39 is 16.0 Å². The fourth-order valence-electron chi connectivity index (χ4n) is 1.63. The molecule has 0 aliphatic carbocycles. The molecule has 0 aromatic carbocycles. The van der Waals surface area contributed by atoms with Crippen molar-refractivity contribution in [3.63, 3.8) is 0 Å². The number of rotatable bonds is 7. The van der Waals surface area contributed by atoms with E-state index in [4.69, 9.17) is 9.52 Å². The molecule has 0 aliphatic rings. The molecule has 1 heterocycles. The first-order valence-electron chi connectivity index (χ1n) is 6.07. The van der Waals surface area contributed by atoms with Gasteiger partial charge in [-0.1, -0.05) is 13.8 Å². The predicted octanol–water partition coefficient (Wildman–Crippen LogP) is 2.00. The van der Waals surface area contributed by atoms with Gasteiger partial charge in [-0.3, -0.25) is 0 Å². The first-order chi connectivity index (χ1) is 8.74. The van der Waals surface area contributed by atoms with Crippen molar-refractivity contribution in [2.45, 2.75) is 38.5 Å². The van der Waals surface area contributed by atoms with Crippen molar-refractivity contribution < 1.29 is 22.7 Å². The highest BCUT2D eigenvalue weighted by Crippen LogP contribution is 2.19. The van der Waals surface area contributed by atoms with E-state index in [0.717, 1.165) is 18.9 Å². The summed E-state index contributed by atoms with van der Waals surface area (Å²) in [7, 11) is -3.71. The van der Waals surface area contributed by atoms with E-state index in [1.807, 2.05) is 0 Å². The van der Waals surface area contributed by atoms with Crippen LogP contribution in [0.25, 0.3) is 0 Å². The summed E-state index contributed by atoms with van der Waals surface area (Å²) in [6.45, 7) is 5.88. The van der Waals surface area contributed by atoms with Crippen LogP contribution in [0, 0.1) is 12.8 Å². The lowest BCUT2D eigenvalue weighted by Crippen LogP contribution is -2.25. The summed E-state index contributed by atoms with van der Waals surface area (Å²) >= 11 is 0. The van der Waals surface area contributed by atoms with Gasteiger partial charge < -0.3 is 9.52 Å². The van der Waals surface area contributed by atoms with Crippen LogP contribution in [0.4, 0.5) is 0 Å². The molecule has 0 unspecified atom stereocenters. The number of sulfonamides is 1. The average molecular weight is 289 g/mol. The Hall–Kier alpha value is -1.34. The lowest BCUT2D eigenvalue weighted by molar-refractivity contribution is 0.0661. The monoisotopic (exact) mass is 289 g/mol. The van der Waals surface area contributed by atoms with Crippen LogP contribution >= 0.6 is 0 Å². The van der Waals surface area contributed by atoms with Crippen molar-refractivity contribution >= 4 is 16.0 Å². The lowest BCUT2D eigenvalue weighted by atomic mass is 10.1. The van der Waals surface area contributed by atoms with Crippen molar-refractivity contribution in [3.05, 3.63) is 17.6 Å². The molecule has 0 bridgehead atoms. The molecule has 0 amide bonds. The third kappa shape index (κ3) is 4.36. The summed E-state index contributed by atoms with van der Waals surface area (Å²) in [6, 6.07) is 1.03. The number of carbonyl (C=O) groups is 1. The van der Waals surface area contributed by atoms with Gasteiger partial charge in [-0.15, -0.1) is 0 Å². The normalized spacial score (nSPS) is 12.0. The summed E-state index contributed by atoms with van der Waals surface area (Å²) in [5.41, 5.74) is 0. The van der Waals surface area contributed by atoms with Gasteiger partial charge in [-0.25, -0.2) is 17.9 Å². The molecule has 2 N–H and O–H groups in total. The van der Waals surface area contributed by atoms with Crippen molar-refractivity contribution in [1.29, 1.82) is 0 Å². The van der Waals surface area contributed by atoms with Crippen LogP contribution < -0.4 is 4.72 Å². The second-order valence-electron chi connectivity index (χ2n) is 4.77. The van der Waals surface area contributed by atoms with Crippen LogP contribution in [0.15, 0.2) is 15.4 Å². The Kier molecular flexibility index (Phi) is 5.13. The number of aryl methyl sites for hydroxylation is 1. The third-order valence-corrected chi connectivity index (χ3v) is 4.19. The van der Waals surface area contributed by atoms with E-state index in [1.165, 1.54) is 6.92 Å². The molecule has 0 aliphatic heterocycles. The first-order valence-corrected chi connectivity index (χ1v) is 7.55. The van der Waals surface area contributed by atoms with Crippen molar-refractivity contribution in [2.75, 3.05) is 6.54 Å². The zero-order chi connectivity index (χ0) is 14.6. The maximum atomic E-state index is 12.0. The first kappa shape index (κ1) is 15.7. The van der Waals surface area contributed by atoms with Gasteiger partial charge in [0.25, 0.3) is 0 Å². The zero-order valence-corrected chi connectivity index (χ0v) is 12.1. The summed E-state index contributed by atoms with van der Waals surface area (Å²) in [6.07, 6.45) is 1.66. The molecule has 1 aromatic rings. The molecule has 108 valence electrons. The second-order valence-corrected chi connectivity index (χ2v) is 6.51. The Labute approximate surface area is 112 Å². The Balaban J connectivity index is 2.75. The molecule has 0 saturated carbocycles. The van der Waals surface area contributed by atoms with Crippen LogP contribution in [0.3, 0.4) is 0 Å². The molecule has 1 rings (SSSR count). The molecule has 0 saturated heterocycles. The summed E-state index contributed by atoms with van der Waals surface area (Å²) in [5, 5.41) is 8.75. The number of aromatic carboxylic acids is 1. The van der Waals surface area contributed by atoms with Crippen LogP contribution in [-0.2, 0) is 10.0 Å². The molecule has 0 spiro atoms. The number of hydrogen-bond acceptors (Lipinski definition) is 4. The maximum absolute atomic E-state index is 12.0. The number of furan rings is 1. The Morgan fingerprint density at radius 1 is 1.47 bits per heavy atom. The third-order valence-electron chi connectivity index (χ3n) is 2.62. The molecule has 0 radical (unpaired) electrons. The highest BCUT2D eigenvalue weighted by molar-refractivity contribution is 7.89. The summed E-state index contributed by atoms with van der Waals surface area (Å²) in [4.78, 5) is 10.6. The van der Waals surface area contributed by atoms with Crippen molar-refractivity contribution in [1.82, 2.24) is 4.72 Å². The van der Waals surface area contributed by atoms with Gasteiger partial charge in [0, 0.05) is 12.6 Å². The quantitative estimate of drug-likeness (QED) is 0.748. The summed E-state index contributed by atoms with van der Waals surface area (Å²) in [5.74, 6) is -1.07. The van der Waals surface area contributed by atoms with Crippen LogP contribution in [0.5, 0.6) is 0 Å². The van der Waals surface area contributed by atoms with Crippen molar-refractivity contribution in [2.24, 2.45) is 5.92 Å². The van der Waals surface area contributed by atoms with E-state index in [-0.39, 0.29) is 16.4 Å². The van der Waals surface area contributed by atoms with E-state index >= 15 is 0 Å². The predicted molar refractivity (Wildman–Crippen MR) is 69.7 cm³/mol. The fraction of sp³-hybridized carbons (Fsp3) is 0.583. The molecule has 19 heavy (non-hydrogen) atoms. The van der Waals surface area contributed by atoms with Gasteiger partial charge in [-0.05, 0) is 25.7 Å². The van der Waals surface area contributed by atoms with E-state index in [0.29, 0.717) is 12.5 Å². The maximum Gasteiger partial charge on any atom is 0.371 e. The Morgan fingerprint density at radius 3 is 2.58 bits per heavy atom. The second kappa shape index (κ2) is 6.21. The SMILES string of the molecule is Cc1oc(C(=O)O)cc1S(=O)(=O)NCCCC(C)C. The molecule has 0 fully saturated rings. The van der Waals surface area contributed by atoms with Gasteiger partial charge in [0.05, 0.1) is 0 Å². The van der Waals surface area contributed by atoms with Gasteiger partial charge in [0.15, 0.2) is 0 Å². The molecule has 6 nitrogen and oxygen atoms in total. The van der Waals surface area contributed by atoms with E-state index in [2.05, 4.69) is 18.6 Å². The molecule has 7 heteroatoms. The summed E-state index contributed by atoms with van der Waals surface area (Å²) < 4.78 is 31.3. The Bertz CT molecular complexity index is 544. The Morgan fingerprint density at radius 2 is 2.11 bits per heavy atom. The topological polar surface area (TPSA) is 96.6 Å². The van der Waals surface area contributed by atoms with Crippen molar-refractivity contribution in [3.8, 4) is 0 Å². The standard InChI is InChI=1S/C12H19NO5S/c1-8(2)5-4-6-13-19(16,17)11-7-10(12(14)15)18-9(11)3/h7-8,13H,4-6H2,1-3H3,(H,14,15). The van der Waals surface area contributed by atoms with E-state index in [9.17, 15) is 13.2 Å². The van der Waals surface area contributed by atoms with Gasteiger partial charge in [-0.2, -0.15) is 0 Å². The van der Waals surface area contributed by atoms with Gasteiger partial charge in [0.1, 0.15) is 10.7 Å². The highest BCUT2D eigenvalue weighted by atomic mass is 32.2. The lowest BCUT2D eigenvalue weighted by Gasteiger charge is -2.06. The minimum Gasteiger partial charge on any atom is -0.475 e. The van der Waals surface area contributed by atoms with Crippen LogP contribution in [0.1, 0.15) is 43.0 Å². The largest absolute Gasteiger partial charge is 0.475 e. The molecular weight excluding hydrogens is 270 g/mol. The number of hydrogen-bond donors (Lipinski definition) is 2. The van der Waals surface area contributed by atoms with E-state index in [1.54, 1.807) is 0 Å². The van der Waals surface area contributed by atoms with Gasteiger partial charge in [0.2, 0.25) is 15.8 Å². The molecule has 0 atom stereocenters. The zero-order valence-electron chi connectivity index (χ0n) is 11.3. The van der Waals surface area contributed by atoms with Crippen LogP contribution in [0.2, 0.25) is 0 Å².